The summed E-state index contributed by atoms with van der Waals surface area (Å²) in [5.41, 5.74) is 0.379. The molecule has 0 heterocycles. The minimum atomic E-state index is -0.835. The smallest absolute Gasteiger partial charge is 0.304 e. The highest BCUT2D eigenvalue weighted by atomic mass is 16.4. The molecule has 0 saturated carbocycles. The molecule has 2 N–H and O–H groups in total. The van der Waals surface area contributed by atoms with Crippen molar-refractivity contribution in [2.75, 3.05) is 0 Å². The Balaban J connectivity index is 2.97. The summed E-state index contributed by atoms with van der Waals surface area (Å²) in [6.07, 6.45) is 0.0520. The van der Waals surface area contributed by atoms with E-state index in [-0.39, 0.29) is 12.2 Å². The van der Waals surface area contributed by atoms with Gasteiger partial charge in [-0.25, -0.2) is 0 Å². The maximum absolute atomic E-state index is 10.6. The molecule has 1 rings (SSSR count). The Labute approximate surface area is 83.0 Å². The Morgan fingerprint density at radius 3 is 2.57 bits per heavy atom. The molecule has 0 saturated heterocycles. The minimum Gasteiger partial charge on any atom is -0.508 e. The van der Waals surface area contributed by atoms with Gasteiger partial charge in [0.1, 0.15) is 5.75 Å². The second-order valence-electron chi connectivity index (χ2n) is 4.00. The molecular weight excluding hydrogens is 180 g/mol. The number of aliphatic carboxylic acids is 1. The van der Waals surface area contributed by atoms with Gasteiger partial charge in [-0.1, -0.05) is 26.0 Å². The molecule has 0 atom stereocenters. The SMILES string of the molecule is CC(C)(CC(=O)O)c1cccc(O)c1. The van der Waals surface area contributed by atoms with Gasteiger partial charge in [-0.2, -0.15) is 0 Å². The van der Waals surface area contributed by atoms with Crippen LogP contribution in [-0.2, 0) is 10.2 Å². The Morgan fingerprint density at radius 2 is 2.07 bits per heavy atom. The van der Waals surface area contributed by atoms with E-state index in [1.54, 1.807) is 18.2 Å². The number of phenols is 1. The van der Waals surface area contributed by atoms with E-state index in [1.807, 2.05) is 19.9 Å². The fourth-order valence-corrected chi connectivity index (χ4v) is 1.41. The van der Waals surface area contributed by atoms with Crippen molar-refractivity contribution in [3.63, 3.8) is 0 Å². The molecule has 1 aromatic carbocycles. The molecule has 3 nitrogen and oxygen atoms in total. The van der Waals surface area contributed by atoms with Crippen molar-refractivity contribution in [2.24, 2.45) is 0 Å². The van der Waals surface area contributed by atoms with Crippen molar-refractivity contribution in [1.82, 2.24) is 0 Å². The van der Waals surface area contributed by atoms with Gasteiger partial charge in [-0.3, -0.25) is 4.79 Å². The fraction of sp³-hybridized carbons (Fsp3) is 0.364. The highest BCUT2D eigenvalue weighted by Gasteiger charge is 2.24. The van der Waals surface area contributed by atoms with Crippen molar-refractivity contribution < 1.29 is 15.0 Å². The van der Waals surface area contributed by atoms with Gasteiger partial charge in [-0.05, 0) is 17.7 Å². The highest BCUT2D eigenvalue weighted by molar-refractivity contribution is 5.68. The molecule has 1 aromatic rings. The first-order valence-electron chi connectivity index (χ1n) is 4.43. The van der Waals surface area contributed by atoms with Gasteiger partial charge in [0, 0.05) is 5.41 Å². The lowest BCUT2D eigenvalue weighted by atomic mass is 9.81. The minimum absolute atomic E-state index is 0.0520. The molecular formula is C11H14O3. The average Bonchev–Trinajstić information content (AvgIpc) is 2.01. The number of carbonyl (C=O) groups is 1. The number of hydrogen-bond donors (Lipinski definition) is 2. The lowest BCUT2D eigenvalue weighted by Gasteiger charge is -2.22. The number of benzene rings is 1. The number of phenolic OH excluding ortho intramolecular Hbond substituents is 1. The summed E-state index contributed by atoms with van der Waals surface area (Å²) >= 11 is 0. The first-order valence-corrected chi connectivity index (χ1v) is 4.43. The van der Waals surface area contributed by atoms with Gasteiger partial charge in [0.05, 0.1) is 6.42 Å². The first kappa shape index (κ1) is 10.6. The van der Waals surface area contributed by atoms with Gasteiger partial charge in [-0.15, -0.1) is 0 Å². The van der Waals surface area contributed by atoms with Crippen LogP contribution in [0.3, 0.4) is 0 Å². The number of hydrogen-bond acceptors (Lipinski definition) is 2. The van der Waals surface area contributed by atoms with Crippen LogP contribution in [0.15, 0.2) is 24.3 Å². The molecule has 0 unspecified atom stereocenters. The zero-order valence-corrected chi connectivity index (χ0v) is 8.32. The van der Waals surface area contributed by atoms with E-state index < -0.39 is 11.4 Å². The van der Waals surface area contributed by atoms with E-state index >= 15 is 0 Å². The summed E-state index contributed by atoms with van der Waals surface area (Å²) in [7, 11) is 0. The monoisotopic (exact) mass is 194 g/mol. The molecule has 76 valence electrons. The van der Waals surface area contributed by atoms with E-state index in [0.717, 1.165) is 5.56 Å². The van der Waals surface area contributed by atoms with Crippen molar-refractivity contribution in [1.29, 1.82) is 0 Å². The van der Waals surface area contributed by atoms with Gasteiger partial charge >= 0.3 is 5.97 Å². The van der Waals surface area contributed by atoms with Crippen LogP contribution in [-0.4, -0.2) is 16.2 Å². The second-order valence-corrected chi connectivity index (χ2v) is 4.00. The summed E-state index contributed by atoms with van der Waals surface area (Å²) in [4.78, 5) is 10.6. The van der Waals surface area contributed by atoms with Crippen molar-refractivity contribution in [2.45, 2.75) is 25.7 Å². The topological polar surface area (TPSA) is 57.5 Å². The molecule has 0 aliphatic heterocycles. The van der Waals surface area contributed by atoms with E-state index in [2.05, 4.69) is 0 Å². The van der Waals surface area contributed by atoms with Crippen LogP contribution in [0, 0.1) is 0 Å². The average molecular weight is 194 g/mol. The van der Waals surface area contributed by atoms with Crippen LogP contribution < -0.4 is 0 Å². The summed E-state index contributed by atoms with van der Waals surface area (Å²) in [6, 6.07) is 6.71. The van der Waals surface area contributed by atoms with Gasteiger partial charge in [0.25, 0.3) is 0 Å². The normalized spacial score (nSPS) is 11.3. The number of aromatic hydroxyl groups is 1. The lowest BCUT2D eigenvalue weighted by molar-refractivity contribution is -0.138. The van der Waals surface area contributed by atoms with E-state index in [1.165, 1.54) is 0 Å². The van der Waals surface area contributed by atoms with Crippen LogP contribution in [0.5, 0.6) is 5.75 Å². The Bertz CT molecular complexity index is 342. The largest absolute Gasteiger partial charge is 0.508 e. The van der Waals surface area contributed by atoms with Crippen LogP contribution >= 0.6 is 0 Å². The van der Waals surface area contributed by atoms with Crippen LogP contribution in [0.4, 0.5) is 0 Å². The predicted octanol–water partition coefficient (Wildman–Crippen LogP) is 2.14. The quantitative estimate of drug-likeness (QED) is 0.775. The van der Waals surface area contributed by atoms with Crippen LogP contribution in [0.25, 0.3) is 0 Å². The van der Waals surface area contributed by atoms with E-state index in [4.69, 9.17) is 5.11 Å². The molecule has 14 heavy (non-hydrogen) atoms. The Hall–Kier alpha value is -1.51. The zero-order chi connectivity index (χ0) is 10.8. The molecule has 3 heteroatoms. The molecule has 0 fully saturated rings. The number of carboxylic acids is 1. The molecule has 0 bridgehead atoms. The highest BCUT2D eigenvalue weighted by Crippen LogP contribution is 2.28. The van der Waals surface area contributed by atoms with Crippen LogP contribution in [0.2, 0.25) is 0 Å². The summed E-state index contributed by atoms with van der Waals surface area (Å²) in [6.45, 7) is 3.69. The molecule has 0 spiro atoms. The van der Waals surface area contributed by atoms with Crippen molar-refractivity contribution in [3.8, 4) is 5.75 Å². The second kappa shape index (κ2) is 3.70. The third-order valence-electron chi connectivity index (χ3n) is 2.22. The lowest BCUT2D eigenvalue weighted by Crippen LogP contribution is -2.21. The molecule has 0 aliphatic carbocycles. The molecule has 0 radical (unpaired) electrons. The molecule has 0 amide bonds. The van der Waals surface area contributed by atoms with Gasteiger partial charge in [0.2, 0.25) is 0 Å². The van der Waals surface area contributed by atoms with Gasteiger partial charge < -0.3 is 10.2 Å². The number of carboxylic acid groups (broad SMARTS) is 1. The third kappa shape index (κ3) is 2.49. The maximum Gasteiger partial charge on any atom is 0.304 e. The standard InChI is InChI=1S/C11H14O3/c1-11(2,7-10(13)14)8-4-3-5-9(12)6-8/h3-6,12H,7H2,1-2H3,(H,13,14). The summed E-state index contributed by atoms with van der Waals surface area (Å²) < 4.78 is 0. The molecule has 0 aromatic heterocycles. The number of rotatable bonds is 3. The molecule has 0 aliphatic rings. The third-order valence-corrected chi connectivity index (χ3v) is 2.22. The summed E-state index contributed by atoms with van der Waals surface area (Å²) in [5.74, 6) is -0.667. The van der Waals surface area contributed by atoms with Crippen molar-refractivity contribution in [3.05, 3.63) is 29.8 Å². The van der Waals surface area contributed by atoms with E-state index in [0.29, 0.717) is 0 Å². The zero-order valence-electron chi connectivity index (χ0n) is 8.32. The van der Waals surface area contributed by atoms with Gasteiger partial charge in [0.15, 0.2) is 0 Å². The Kier molecular flexibility index (Phi) is 2.79. The Morgan fingerprint density at radius 1 is 1.43 bits per heavy atom. The first-order chi connectivity index (χ1) is 6.42. The maximum atomic E-state index is 10.6. The fourth-order valence-electron chi connectivity index (χ4n) is 1.41. The van der Waals surface area contributed by atoms with E-state index in [9.17, 15) is 9.90 Å². The van der Waals surface area contributed by atoms with Crippen molar-refractivity contribution >= 4 is 5.97 Å². The van der Waals surface area contributed by atoms with Crippen LogP contribution in [0.1, 0.15) is 25.8 Å². The predicted molar refractivity (Wildman–Crippen MR) is 53.4 cm³/mol. The summed E-state index contributed by atoms with van der Waals surface area (Å²) in [5, 5.41) is 18.0.